The number of ether oxygens (including phenoxy) is 2. The number of benzene rings is 1. The van der Waals surface area contributed by atoms with Gasteiger partial charge in [0.1, 0.15) is 28.9 Å². The zero-order valence-electron chi connectivity index (χ0n) is 11.5. The van der Waals surface area contributed by atoms with Gasteiger partial charge in [-0.2, -0.15) is 0 Å². The Morgan fingerprint density at radius 3 is 2.75 bits per heavy atom. The molecule has 0 radical (unpaired) electrons. The van der Waals surface area contributed by atoms with Crippen LogP contribution in [-0.2, 0) is 13.0 Å². The molecular formula is C14H17N3O2S. The standard InChI is InChI=1S/C14H17N3O2S/c1-3-11-13(14(15)16)20-12(17-11)8-19-10-6-4-5-9(7-10)18-2/h4-7H,3,8H2,1-2H3,(H3,15,16). The first-order chi connectivity index (χ1) is 9.63. The number of aromatic nitrogens is 1. The van der Waals surface area contributed by atoms with Crippen LogP contribution in [0.5, 0.6) is 11.5 Å². The van der Waals surface area contributed by atoms with E-state index in [9.17, 15) is 0 Å². The molecule has 0 unspecified atom stereocenters. The zero-order chi connectivity index (χ0) is 14.5. The minimum atomic E-state index is 0.0620. The zero-order valence-corrected chi connectivity index (χ0v) is 12.3. The van der Waals surface area contributed by atoms with Crippen LogP contribution in [0.25, 0.3) is 0 Å². The Kier molecular flexibility index (Phi) is 4.57. The molecule has 20 heavy (non-hydrogen) atoms. The fourth-order valence-electron chi connectivity index (χ4n) is 1.75. The van der Waals surface area contributed by atoms with Crippen molar-refractivity contribution in [1.29, 1.82) is 5.41 Å². The smallest absolute Gasteiger partial charge is 0.140 e. The molecular weight excluding hydrogens is 274 g/mol. The van der Waals surface area contributed by atoms with E-state index in [0.717, 1.165) is 33.5 Å². The van der Waals surface area contributed by atoms with Gasteiger partial charge in [-0.25, -0.2) is 4.98 Å². The Morgan fingerprint density at radius 1 is 1.40 bits per heavy atom. The highest BCUT2D eigenvalue weighted by Crippen LogP contribution is 2.23. The molecule has 0 spiro atoms. The first-order valence-electron chi connectivity index (χ1n) is 6.23. The van der Waals surface area contributed by atoms with Gasteiger partial charge in [-0.3, -0.25) is 5.41 Å². The lowest BCUT2D eigenvalue weighted by Gasteiger charge is -2.05. The van der Waals surface area contributed by atoms with E-state index in [2.05, 4.69) is 4.98 Å². The second kappa shape index (κ2) is 6.38. The van der Waals surface area contributed by atoms with E-state index in [0.29, 0.717) is 6.61 Å². The van der Waals surface area contributed by atoms with Crippen molar-refractivity contribution in [3.05, 3.63) is 39.8 Å². The maximum absolute atomic E-state index is 7.53. The number of rotatable bonds is 6. The van der Waals surface area contributed by atoms with E-state index in [4.69, 9.17) is 20.6 Å². The molecule has 106 valence electrons. The van der Waals surface area contributed by atoms with Gasteiger partial charge in [0.25, 0.3) is 0 Å². The maximum Gasteiger partial charge on any atom is 0.140 e. The van der Waals surface area contributed by atoms with E-state index in [1.54, 1.807) is 7.11 Å². The summed E-state index contributed by atoms with van der Waals surface area (Å²) in [6.45, 7) is 2.35. The first kappa shape index (κ1) is 14.3. The summed E-state index contributed by atoms with van der Waals surface area (Å²) in [5.74, 6) is 1.54. The van der Waals surface area contributed by atoms with E-state index < -0.39 is 0 Å². The largest absolute Gasteiger partial charge is 0.497 e. The van der Waals surface area contributed by atoms with Crippen molar-refractivity contribution in [1.82, 2.24) is 4.98 Å². The summed E-state index contributed by atoms with van der Waals surface area (Å²) in [6, 6.07) is 7.41. The number of nitrogens with one attached hydrogen (secondary N) is 1. The van der Waals surface area contributed by atoms with Crippen LogP contribution < -0.4 is 15.2 Å². The molecule has 3 N–H and O–H groups in total. The van der Waals surface area contributed by atoms with Gasteiger partial charge in [0, 0.05) is 6.07 Å². The van der Waals surface area contributed by atoms with Crippen LogP contribution in [-0.4, -0.2) is 17.9 Å². The lowest BCUT2D eigenvalue weighted by molar-refractivity contribution is 0.303. The molecule has 0 amide bonds. The van der Waals surface area contributed by atoms with Crippen molar-refractivity contribution in [2.24, 2.45) is 5.73 Å². The molecule has 6 heteroatoms. The van der Waals surface area contributed by atoms with Crippen LogP contribution >= 0.6 is 11.3 Å². The topological polar surface area (TPSA) is 81.2 Å². The van der Waals surface area contributed by atoms with Gasteiger partial charge in [-0.1, -0.05) is 13.0 Å². The molecule has 0 aliphatic rings. The van der Waals surface area contributed by atoms with Gasteiger partial charge in [-0.05, 0) is 18.6 Å². The van der Waals surface area contributed by atoms with Gasteiger partial charge in [0.2, 0.25) is 0 Å². The Balaban J connectivity index is 2.08. The predicted octanol–water partition coefficient (Wildman–Crippen LogP) is 2.58. The van der Waals surface area contributed by atoms with Crippen molar-refractivity contribution >= 4 is 17.2 Å². The van der Waals surface area contributed by atoms with Crippen molar-refractivity contribution in [2.75, 3.05) is 7.11 Å². The third-order valence-electron chi connectivity index (χ3n) is 2.72. The first-order valence-corrected chi connectivity index (χ1v) is 7.05. The summed E-state index contributed by atoms with van der Waals surface area (Å²) in [4.78, 5) is 5.18. The van der Waals surface area contributed by atoms with E-state index >= 15 is 0 Å². The third kappa shape index (κ3) is 3.27. The van der Waals surface area contributed by atoms with Crippen molar-refractivity contribution in [2.45, 2.75) is 20.0 Å². The molecule has 0 saturated carbocycles. The summed E-state index contributed by atoms with van der Waals surface area (Å²) >= 11 is 1.40. The molecule has 0 atom stereocenters. The molecule has 2 aromatic rings. The van der Waals surface area contributed by atoms with E-state index in [1.165, 1.54) is 11.3 Å². The van der Waals surface area contributed by atoms with Crippen molar-refractivity contribution in [3.8, 4) is 11.5 Å². The van der Waals surface area contributed by atoms with Crippen molar-refractivity contribution in [3.63, 3.8) is 0 Å². The fourth-order valence-corrected chi connectivity index (χ4v) is 2.68. The number of thiazole rings is 1. The number of nitrogen functional groups attached to an aromatic ring is 1. The summed E-state index contributed by atoms with van der Waals surface area (Å²) in [6.07, 6.45) is 0.755. The monoisotopic (exact) mass is 291 g/mol. The quantitative estimate of drug-likeness (QED) is 0.633. The lowest BCUT2D eigenvalue weighted by atomic mass is 10.3. The van der Waals surface area contributed by atoms with Crippen LogP contribution in [0.3, 0.4) is 0 Å². The highest BCUT2D eigenvalue weighted by Gasteiger charge is 2.12. The summed E-state index contributed by atoms with van der Waals surface area (Å²) < 4.78 is 10.8. The summed E-state index contributed by atoms with van der Waals surface area (Å²) in [7, 11) is 1.62. The van der Waals surface area contributed by atoms with Crippen LogP contribution in [0.2, 0.25) is 0 Å². The molecule has 0 saturated heterocycles. The second-order valence-corrected chi connectivity index (χ2v) is 5.20. The van der Waals surface area contributed by atoms with Gasteiger partial charge in [0.15, 0.2) is 0 Å². The fraction of sp³-hybridized carbons (Fsp3) is 0.286. The molecule has 0 bridgehead atoms. The average Bonchev–Trinajstić information content (AvgIpc) is 2.89. The third-order valence-corrected chi connectivity index (χ3v) is 3.83. The van der Waals surface area contributed by atoms with Crippen LogP contribution in [0, 0.1) is 5.41 Å². The average molecular weight is 291 g/mol. The molecule has 1 aromatic heterocycles. The minimum Gasteiger partial charge on any atom is -0.497 e. The molecule has 1 heterocycles. The Morgan fingerprint density at radius 2 is 2.15 bits per heavy atom. The second-order valence-electron chi connectivity index (χ2n) is 4.12. The summed E-state index contributed by atoms with van der Waals surface area (Å²) in [5, 5.41) is 8.35. The summed E-state index contributed by atoms with van der Waals surface area (Å²) in [5.41, 5.74) is 6.40. The van der Waals surface area contributed by atoms with Gasteiger partial charge in [-0.15, -0.1) is 11.3 Å². The number of nitrogens with two attached hydrogens (primary N) is 1. The minimum absolute atomic E-state index is 0.0620. The Bertz CT molecular complexity index is 610. The maximum atomic E-state index is 7.53. The molecule has 5 nitrogen and oxygen atoms in total. The normalized spacial score (nSPS) is 10.3. The van der Waals surface area contributed by atoms with Gasteiger partial charge in [0.05, 0.1) is 17.7 Å². The van der Waals surface area contributed by atoms with Crippen LogP contribution in [0.15, 0.2) is 24.3 Å². The number of amidine groups is 1. The van der Waals surface area contributed by atoms with E-state index in [-0.39, 0.29) is 5.84 Å². The number of methoxy groups -OCH3 is 1. The lowest BCUT2D eigenvalue weighted by Crippen LogP contribution is -2.11. The number of hydrogen-bond acceptors (Lipinski definition) is 5. The highest BCUT2D eigenvalue weighted by molar-refractivity contribution is 7.13. The molecule has 0 aliphatic heterocycles. The van der Waals surface area contributed by atoms with Crippen LogP contribution in [0.1, 0.15) is 22.5 Å². The number of nitrogens with zero attached hydrogens (tertiary/aromatic N) is 1. The predicted molar refractivity (Wildman–Crippen MR) is 79.8 cm³/mol. The Labute approximate surface area is 121 Å². The van der Waals surface area contributed by atoms with Crippen LogP contribution in [0.4, 0.5) is 0 Å². The number of hydrogen-bond donors (Lipinski definition) is 2. The molecule has 1 aromatic carbocycles. The van der Waals surface area contributed by atoms with E-state index in [1.807, 2.05) is 31.2 Å². The highest BCUT2D eigenvalue weighted by atomic mass is 32.1. The molecule has 0 fully saturated rings. The Hall–Kier alpha value is -2.08. The molecule has 2 rings (SSSR count). The molecule has 0 aliphatic carbocycles. The SMILES string of the molecule is CCc1nc(COc2cccc(OC)c2)sc1C(=N)N. The van der Waals surface area contributed by atoms with Gasteiger partial charge < -0.3 is 15.2 Å². The van der Waals surface area contributed by atoms with Crippen molar-refractivity contribution < 1.29 is 9.47 Å². The van der Waals surface area contributed by atoms with Gasteiger partial charge >= 0.3 is 0 Å². The number of aryl methyl sites for hydroxylation is 1.